The van der Waals surface area contributed by atoms with Crippen molar-refractivity contribution in [1.29, 1.82) is 0 Å². The van der Waals surface area contributed by atoms with Gasteiger partial charge in [0.1, 0.15) is 5.82 Å². The van der Waals surface area contributed by atoms with Crippen molar-refractivity contribution >= 4 is 27.7 Å². The number of piperazine rings is 1. The Bertz CT molecular complexity index is 776. The molecule has 0 aromatic carbocycles. The number of amides is 2. The highest BCUT2D eigenvalue weighted by atomic mass is 32.2. The Kier molecular flexibility index (Phi) is 9.51. The van der Waals surface area contributed by atoms with Crippen LogP contribution in [0, 0.1) is 0 Å². The number of sulfonamides is 1. The summed E-state index contributed by atoms with van der Waals surface area (Å²) in [7, 11) is -3.43. The minimum Gasteiger partial charge on any atom is -0.355 e. The number of nitrogens with zero attached hydrogens (tertiary/aromatic N) is 4. The molecule has 0 bridgehead atoms. The summed E-state index contributed by atoms with van der Waals surface area (Å²) in [6.07, 6.45) is 2.73. The lowest BCUT2D eigenvalue weighted by Crippen LogP contribution is -2.50. The summed E-state index contributed by atoms with van der Waals surface area (Å²) in [5, 5.41) is 2.65. The Labute approximate surface area is 179 Å². The molecule has 1 N–H and O–H groups in total. The molecule has 0 saturated carbocycles. The van der Waals surface area contributed by atoms with Crippen LogP contribution in [0.25, 0.3) is 0 Å². The monoisotopic (exact) mass is 439 g/mol. The zero-order valence-corrected chi connectivity index (χ0v) is 18.7. The number of hydrogen-bond donors (Lipinski definition) is 1. The molecule has 1 aromatic heterocycles. The third kappa shape index (κ3) is 7.24. The van der Waals surface area contributed by atoms with E-state index in [9.17, 15) is 18.0 Å². The quantitative estimate of drug-likeness (QED) is 0.544. The molecular weight excluding hydrogens is 406 g/mol. The molecule has 0 radical (unpaired) electrons. The SMILES string of the molecule is CCN(CC)C(=O)CCCC(=O)NCCS(=O)(=O)N1CCN(c2ccccn2)CC1. The maximum atomic E-state index is 12.5. The van der Waals surface area contributed by atoms with Crippen molar-refractivity contribution in [3.8, 4) is 0 Å². The number of nitrogens with one attached hydrogen (secondary N) is 1. The summed E-state index contributed by atoms with van der Waals surface area (Å²) >= 11 is 0. The Morgan fingerprint density at radius 3 is 2.40 bits per heavy atom. The van der Waals surface area contributed by atoms with Gasteiger partial charge < -0.3 is 15.1 Å². The van der Waals surface area contributed by atoms with Crippen molar-refractivity contribution in [2.75, 3.05) is 56.5 Å². The molecule has 168 valence electrons. The zero-order valence-electron chi connectivity index (χ0n) is 17.9. The molecule has 2 amide bonds. The summed E-state index contributed by atoms with van der Waals surface area (Å²) in [4.78, 5) is 32.0. The van der Waals surface area contributed by atoms with E-state index < -0.39 is 10.0 Å². The van der Waals surface area contributed by atoms with Gasteiger partial charge in [-0.2, -0.15) is 4.31 Å². The van der Waals surface area contributed by atoms with Crippen LogP contribution in [0.4, 0.5) is 5.82 Å². The summed E-state index contributed by atoms with van der Waals surface area (Å²) in [5.74, 6) is 0.541. The smallest absolute Gasteiger partial charge is 0.222 e. The second kappa shape index (κ2) is 11.8. The number of carbonyl (C=O) groups is 2. The predicted octanol–water partition coefficient (Wildman–Crippen LogP) is 0.688. The molecule has 0 atom stereocenters. The van der Waals surface area contributed by atoms with Crippen molar-refractivity contribution in [1.82, 2.24) is 19.5 Å². The van der Waals surface area contributed by atoms with Gasteiger partial charge in [0.05, 0.1) is 5.75 Å². The van der Waals surface area contributed by atoms with Gasteiger partial charge in [0.2, 0.25) is 21.8 Å². The zero-order chi connectivity index (χ0) is 22.0. The average molecular weight is 440 g/mol. The van der Waals surface area contributed by atoms with E-state index >= 15 is 0 Å². The number of hydrogen-bond acceptors (Lipinski definition) is 6. The first-order chi connectivity index (χ1) is 14.4. The molecule has 30 heavy (non-hydrogen) atoms. The maximum Gasteiger partial charge on any atom is 0.222 e. The van der Waals surface area contributed by atoms with Crippen LogP contribution in [0.1, 0.15) is 33.1 Å². The first kappa shape index (κ1) is 24.1. The lowest BCUT2D eigenvalue weighted by atomic mass is 10.2. The van der Waals surface area contributed by atoms with E-state index in [1.54, 1.807) is 11.1 Å². The number of pyridine rings is 1. The molecule has 1 aromatic rings. The van der Waals surface area contributed by atoms with E-state index in [-0.39, 0.29) is 30.5 Å². The van der Waals surface area contributed by atoms with Crippen molar-refractivity contribution < 1.29 is 18.0 Å². The van der Waals surface area contributed by atoms with Gasteiger partial charge >= 0.3 is 0 Å². The fraction of sp³-hybridized carbons (Fsp3) is 0.650. The largest absolute Gasteiger partial charge is 0.355 e. The molecule has 9 nitrogen and oxygen atoms in total. The number of aromatic nitrogens is 1. The second-order valence-corrected chi connectivity index (χ2v) is 9.25. The molecule has 2 rings (SSSR count). The Hall–Kier alpha value is -2.20. The van der Waals surface area contributed by atoms with Crippen LogP contribution in [0.2, 0.25) is 0 Å². The second-order valence-electron chi connectivity index (χ2n) is 7.16. The molecule has 1 aliphatic heterocycles. The molecule has 0 spiro atoms. The van der Waals surface area contributed by atoms with Gasteiger partial charge in [-0.25, -0.2) is 13.4 Å². The average Bonchev–Trinajstić information content (AvgIpc) is 2.75. The van der Waals surface area contributed by atoms with Crippen LogP contribution in [0.5, 0.6) is 0 Å². The van der Waals surface area contributed by atoms with E-state index in [1.165, 1.54) is 4.31 Å². The highest BCUT2D eigenvalue weighted by molar-refractivity contribution is 7.89. The molecule has 0 unspecified atom stereocenters. The maximum absolute atomic E-state index is 12.5. The first-order valence-electron chi connectivity index (χ1n) is 10.6. The van der Waals surface area contributed by atoms with E-state index in [1.807, 2.05) is 32.0 Å². The van der Waals surface area contributed by atoms with E-state index in [2.05, 4.69) is 15.2 Å². The molecule has 2 heterocycles. The molecular formula is C20H33N5O4S. The van der Waals surface area contributed by atoms with E-state index in [0.717, 1.165) is 5.82 Å². The lowest BCUT2D eigenvalue weighted by molar-refractivity contribution is -0.131. The third-order valence-electron chi connectivity index (χ3n) is 5.20. The van der Waals surface area contributed by atoms with Crippen LogP contribution in [-0.4, -0.2) is 86.0 Å². The van der Waals surface area contributed by atoms with E-state index in [4.69, 9.17) is 0 Å². The fourth-order valence-corrected chi connectivity index (χ4v) is 4.75. The van der Waals surface area contributed by atoms with Gasteiger partial charge in [0.15, 0.2) is 0 Å². The van der Waals surface area contributed by atoms with Crippen molar-refractivity contribution in [2.24, 2.45) is 0 Å². The number of anilines is 1. The van der Waals surface area contributed by atoms with Crippen molar-refractivity contribution in [3.05, 3.63) is 24.4 Å². The Balaban J connectivity index is 1.66. The highest BCUT2D eigenvalue weighted by Gasteiger charge is 2.27. The van der Waals surface area contributed by atoms with Crippen molar-refractivity contribution in [3.63, 3.8) is 0 Å². The van der Waals surface area contributed by atoms with Gasteiger partial charge in [0, 0.05) is 64.9 Å². The van der Waals surface area contributed by atoms with Crippen LogP contribution in [0.3, 0.4) is 0 Å². The molecule has 10 heteroatoms. The lowest BCUT2D eigenvalue weighted by Gasteiger charge is -2.34. The molecule has 1 aliphatic rings. The van der Waals surface area contributed by atoms with Crippen LogP contribution < -0.4 is 10.2 Å². The summed E-state index contributed by atoms with van der Waals surface area (Å²) in [6.45, 7) is 7.23. The minimum atomic E-state index is -3.43. The van der Waals surface area contributed by atoms with Crippen LogP contribution in [0.15, 0.2) is 24.4 Å². The number of rotatable bonds is 11. The molecule has 0 aliphatic carbocycles. The normalized spacial score (nSPS) is 15.1. The van der Waals surface area contributed by atoms with Crippen LogP contribution >= 0.6 is 0 Å². The Morgan fingerprint density at radius 2 is 1.80 bits per heavy atom. The van der Waals surface area contributed by atoms with E-state index in [0.29, 0.717) is 52.1 Å². The Morgan fingerprint density at radius 1 is 1.10 bits per heavy atom. The summed E-state index contributed by atoms with van der Waals surface area (Å²) in [5.41, 5.74) is 0. The highest BCUT2D eigenvalue weighted by Crippen LogP contribution is 2.14. The third-order valence-corrected chi connectivity index (χ3v) is 7.07. The fourth-order valence-electron chi connectivity index (χ4n) is 3.41. The van der Waals surface area contributed by atoms with Gasteiger partial charge in [-0.3, -0.25) is 9.59 Å². The predicted molar refractivity (Wildman–Crippen MR) is 117 cm³/mol. The van der Waals surface area contributed by atoms with Crippen molar-refractivity contribution in [2.45, 2.75) is 33.1 Å². The first-order valence-corrected chi connectivity index (χ1v) is 12.2. The van der Waals surface area contributed by atoms with Gasteiger partial charge in [-0.05, 0) is 32.4 Å². The standard InChI is InChI=1S/C20H33N5O4S/c1-3-23(4-2)20(27)10-7-9-19(26)22-12-17-30(28,29)25-15-13-24(14-16-25)18-8-5-6-11-21-18/h5-6,8,11H,3-4,7,9-10,12-17H2,1-2H3,(H,22,26). The van der Waals surface area contributed by atoms with Gasteiger partial charge in [-0.15, -0.1) is 0 Å². The molecule has 1 fully saturated rings. The molecule has 1 saturated heterocycles. The minimum absolute atomic E-state index is 0.0419. The topological polar surface area (TPSA) is 103 Å². The van der Waals surface area contributed by atoms with Gasteiger partial charge in [0.25, 0.3) is 0 Å². The van der Waals surface area contributed by atoms with Crippen LogP contribution in [-0.2, 0) is 19.6 Å². The summed E-state index contributed by atoms with van der Waals surface area (Å²) < 4.78 is 26.6. The van der Waals surface area contributed by atoms with Gasteiger partial charge in [-0.1, -0.05) is 6.07 Å². The summed E-state index contributed by atoms with van der Waals surface area (Å²) in [6, 6.07) is 5.67. The number of carbonyl (C=O) groups excluding carboxylic acids is 2.